The second-order valence-electron chi connectivity index (χ2n) is 3.51. The lowest BCUT2D eigenvalue weighted by Crippen LogP contribution is -2.44. The minimum absolute atomic E-state index is 0.0721. The van der Waals surface area contributed by atoms with Crippen LogP contribution < -0.4 is 5.32 Å². The number of methoxy groups -OCH3 is 2. The number of nitrogens with one attached hydrogen (secondary N) is 1. The normalized spacial score (nSPS) is 13.3. The van der Waals surface area contributed by atoms with Crippen molar-refractivity contribution in [2.24, 2.45) is 7.05 Å². The number of hydrogen-bond donors (Lipinski definition) is 1. The van der Waals surface area contributed by atoms with Gasteiger partial charge in [0, 0.05) is 27.7 Å². The van der Waals surface area contributed by atoms with Crippen LogP contribution >= 0.6 is 0 Å². The molecule has 0 amide bonds. The van der Waals surface area contributed by atoms with Gasteiger partial charge in [0.1, 0.15) is 12.2 Å². The van der Waals surface area contributed by atoms with E-state index in [4.69, 9.17) is 9.47 Å². The molecule has 0 aromatic carbocycles. The summed E-state index contributed by atoms with van der Waals surface area (Å²) in [6, 6.07) is 0.0721. The highest BCUT2D eigenvalue weighted by atomic mass is 16.7. The second kappa shape index (κ2) is 6.57. The number of likely N-dealkylation sites (N-methyl/N-ethyl adjacent to an activating group) is 1. The zero-order valence-corrected chi connectivity index (χ0v) is 10.3. The summed E-state index contributed by atoms with van der Waals surface area (Å²) >= 11 is 0. The Bertz CT molecular complexity index is 299. The van der Waals surface area contributed by atoms with Gasteiger partial charge in [0.2, 0.25) is 0 Å². The van der Waals surface area contributed by atoms with Crippen molar-refractivity contribution in [1.29, 1.82) is 0 Å². The molecule has 0 aliphatic rings. The maximum absolute atomic E-state index is 5.26. The molecule has 0 fully saturated rings. The van der Waals surface area contributed by atoms with Crippen molar-refractivity contribution in [2.75, 3.05) is 20.8 Å². The highest BCUT2D eigenvalue weighted by Crippen LogP contribution is 2.06. The van der Waals surface area contributed by atoms with Crippen LogP contribution in [0.25, 0.3) is 0 Å². The van der Waals surface area contributed by atoms with E-state index in [0.29, 0.717) is 0 Å². The van der Waals surface area contributed by atoms with E-state index in [1.165, 1.54) is 0 Å². The number of nitrogens with zero attached hydrogens (tertiary/aromatic N) is 3. The summed E-state index contributed by atoms with van der Waals surface area (Å²) in [6.45, 7) is 2.90. The van der Waals surface area contributed by atoms with Gasteiger partial charge < -0.3 is 14.8 Å². The lowest BCUT2D eigenvalue weighted by atomic mass is 10.2. The summed E-state index contributed by atoms with van der Waals surface area (Å²) in [5.41, 5.74) is 0. The first-order chi connectivity index (χ1) is 7.72. The molecule has 0 aliphatic carbocycles. The minimum atomic E-state index is -0.281. The van der Waals surface area contributed by atoms with Crippen LogP contribution in [-0.4, -0.2) is 47.9 Å². The Labute approximate surface area is 96.0 Å². The smallest absolute Gasteiger partial charge is 0.172 e. The Hall–Kier alpha value is -0.980. The summed E-state index contributed by atoms with van der Waals surface area (Å²) in [5.74, 6) is 0.907. The quantitative estimate of drug-likeness (QED) is 0.663. The molecule has 1 N–H and O–H groups in total. The first kappa shape index (κ1) is 13.1. The van der Waals surface area contributed by atoms with Crippen LogP contribution in [0.1, 0.15) is 12.7 Å². The fourth-order valence-corrected chi connectivity index (χ4v) is 1.65. The largest absolute Gasteiger partial charge is 0.354 e. The van der Waals surface area contributed by atoms with Crippen molar-refractivity contribution in [1.82, 2.24) is 20.1 Å². The monoisotopic (exact) mass is 228 g/mol. The van der Waals surface area contributed by atoms with Crippen molar-refractivity contribution < 1.29 is 9.47 Å². The molecule has 1 atom stereocenters. The van der Waals surface area contributed by atoms with E-state index in [9.17, 15) is 0 Å². The van der Waals surface area contributed by atoms with Crippen molar-refractivity contribution in [3.05, 3.63) is 12.2 Å². The lowest BCUT2D eigenvalue weighted by molar-refractivity contribution is -0.122. The fourth-order valence-electron chi connectivity index (χ4n) is 1.65. The molecule has 0 bridgehead atoms. The van der Waals surface area contributed by atoms with Gasteiger partial charge in [-0.3, -0.25) is 4.68 Å². The van der Waals surface area contributed by atoms with Gasteiger partial charge in [0.15, 0.2) is 6.29 Å². The third kappa shape index (κ3) is 3.26. The van der Waals surface area contributed by atoms with Crippen molar-refractivity contribution in [3.63, 3.8) is 0 Å². The first-order valence-corrected chi connectivity index (χ1v) is 5.34. The molecule has 0 spiro atoms. The summed E-state index contributed by atoms with van der Waals surface area (Å²) < 4.78 is 12.3. The van der Waals surface area contributed by atoms with Gasteiger partial charge in [-0.25, -0.2) is 4.98 Å². The van der Waals surface area contributed by atoms with E-state index in [1.807, 2.05) is 14.0 Å². The molecule has 16 heavy (non-hydrogen) atoms. The Morgan fingerprint density at radius 3 is 2.56 bits per heavy atom. The summed E-state index contributed by atoms with van der Waals surface area (Å²) in [6.07, 6.45) is 1.99. The first-order valence-electron chi connectivity index (χ1n) is 5.34. The Morgan fingerprint density at radius 1 is 1.44 bits per heavy atom. The minimum Gasteiger partial charge on any atom is -0.354 e. The topological polar surface area (TPSA) is 61.2 Å². The maximum atomic E-state index is 5.26. The fraction of sp³-hybridized carbons (Fsp3) is 0.800. The molecular formula is C10H20N4O2. The van der Waals surface area contributed by atoms with E-state index in [0.717, 1.165) is 18.8 Å². The molecular weight excluding hydrogens is 208 g/mol. The molecule has 0 aliphatic heterocycles. The highest BCUT2D eigenvalue weighted by Gasteiger charge is 2.22. The molecule has 6 heteroatoms. The average molecular weight is 228 g/mol. The van der Waals surface area contributed by atoms with Crippen LogP contribution in [0.4, 0.5) is 0 Å². The van der Waals surface area contributed by atoms with Gasteiger partial charge in [-0.1, -0.05) is 6.92 Å². The molecule has 1 aromatic rings. The average Bonchev–Trinajstić information content (AvgIpc) is 2.66. The summed E-state index contributed by atoms with van der Waals surface area (Å²) in [7, 11) is 5.14. The third-order valence-electron chi connectivity index (χ3n) is 2.47. The van der Waals surface area contributed by atoms with Gasteiger partial charge in [0.25, 0.3) is 0 Å². The van der Waals surface area contributed by atoms with Crippen molar-refractivity contribution in [3.8, 4) is 0 Å². The predicted molar refractivity (Wildman–Crippen MR) is 60.0 cm³/mol. The van der Waals surface area contributed by atoms with Gasteiger partial charge in [-0.15, -0.1) is 0 Å². The van der Waals surface area contributed by atoms with Crippen molar-refractivity contribution >= 4 is 0 Å². The van der Waals surface area contributed by atoms with Gasteiger partial charge in [0.05, 0.1) is 6.04 Å². The molecule has 6 nitrogen and oxygen atoms in total. The van der Waals surface area contributed by atoms with Crippen LogP contribution in [0.2, 0.25) is 0 Å². The third-order valence-corrected chi connectivity index (χ3v) is 2.47. The molecule has 0 radical (unpaired) electrons. The number of aromatic nitrogens is 3. The zero-order valence-electron chi connectivity index (χ0n) is 10.3. The lowest BCUT2D eigenvalue weighted by Gasteiger charge is -2.24. The summed E-state index contributed by atoms with van der Waals surface area (Å²) in [5, 5.41) is 7.36. The second-order valence-corrected chi connectivity index (χ2v) is 3.51. The van der Waals surface area contributed by atoms with Gasteiger partial charge in [-0.2, -0.15) is 5.10 Å². The summed E-state index contributed by atoms with van der Waals surface area (Å²) in [4.78, 5) is 4.19. The molecule has 1 aromatic heterocycles. The number of aryl methyl sites for hydroxylation is 1. The molecule has 92 valence electrons. The standard InChI is InChI=1S/C10H20N4O2/c1-5-11-8(10(15-3)16-4)6-9-12-7-13-14(9)2/h7-8,10-11H,5-6H2,1-4H3. The van der Waals surface area contributed by atoms with Crippen molar-refractivity contribution in [2.45, 2.75) is 25.7 Å². The molecule has 1 unspecified atom stereocenters. The van der Waals surface area contributed by atoms with Crippen LogP contribution in [0.3, 0.4) is 0 Å². The predicted octanol–water partition coefficient (Wildman–Crippen LogP) is -0.0454. The zero-order chi connectivity index (χ0) is 12.0. The molecule has 0 saturated heterocycles. The Balaban J connectivity index is 2.67. The number of ether oxygens (including phenoxy) is 2. The highest BCUT2D eigenvalue weighted by molar-refractivity contribution is 4.90. The number of rotatable bonds is 7. The van der Waals surface area contributed by atoms with Gasteiger partial charge in [-0.05, 0) is 6.54 Å². The van der Waals surface area contributed by atoms with E-state index in [1.54, 1.807) is 25.2 Å². The maximum Gasteiger partial charge on any atom is 0.172 e. The van der Waals surface area contributed by atoms with Crippen LogP contribution in [0, 0.1) is 0 Å². The SMILES string of the molecule is CCNC(Cc1ncnn1C)C(OC)OC. The van der Waals surface area contributed by atoms with Gasteiger partial charge >= 0.3 is 0 Å². The van der Waals surface area contributed by atoms with Crippen LogP contribution in [0.5, 0.6) is 0 Å². The van der Waals surface area contributed by atoms with E-state index in [2.05, 4.69) is 15.4 Å². The van der Waals surface area contributed by atoms with Crippen LogP contribution in [0.15, 0.2) is 6.33 Å². The van der Waals surface area contributed by atoms with E-state index < -0.39 is 0 Å². The molecule has 0 saturated carbocycles. The molecule has 1 heterocycles. The Kier molecular flexibility index (Phi) is 5.37. The van der Waals surface area contributed by atoms with E-state index in [-0.39, 0.29) is 12.3 Å². The van der Waals surface area contributed by atoms with E-state index >= 15 is 0 Å². The van der Waals surface area contributed by atoms with Crippen LogP contribution in [-0.2, 0) is 22.9 Å². The molecule has 1 rings (SSSR count). The Morgan fingerprint density at radius 2 is 2.12 bits per heavy atom. The number of hydrogen-bond acceptors (Lipinski definition) is 5.